The van der Waals surface area contributed by atoms with E-state index in [2.05, 4.69) is 24.1 Å². The molecule has 18 heavy (non-hydrogen) atoms. The number of nitrogens with zero attached hydrogens (tertiary/aromatic N) is 1. The summed E-state index contributed by atoms with van der Waals surface area (Å²) in [4.78, 5) is 2.82. The average molecular weight is 252 g/mol. The first kappa shape index (κ1) is 14.3. The third kappa shape index (κ3) is 3.71. The van der Waals surface area contributed by atoms with Crippen LogP contribution in [0.4, 0.5) is 0 Å². The second-order valence-electron chi connectivity index (χ2n) is 6.35. The van der Waals surface area contributed by atoms with Gasteiger partial charge in [0.2, 0.25) is 0 Å². The van der Waals surface area contributed by atoms with Crippen LogP contribution < -0.4 is 5.32 Å². The van der Waals surface area contributed by atoms with Gasteiger partial charge in [0.05, 0.1) is 0 Å². The van der Waals surface area contributed by atoms with E-state index >= 15 is 0 Å². The van der Waals surface area contributed by atoms with Crippen LogP contribution in [0.15, 0.2) is 0 Å². The molecule has 0 aromatic heterocycles. The Balaban J connectivity index is 1.91. The summed E-state index contributed by atoms with van der Waals surface area (Å²) in [5, 5.41) is 3.63. The standard InChI is InChI=1S/C16H32N2/c1-3-14(4-2)13-18-11-10-17-12-16(18)15-8-6-5-7-9-15/h14-17H,3-13H2,1-2H3. The van der Waals surface area contributed by atoms with Crippen LogP contribution in [-0.2, 0) is 0 Å². The SMILES string of the molecule is CCC(CC)CN1CCNCC1C1CCCCC1. The van der Waals surface area contributed by atoms with Crippen LogP contribution in [0.2, 0.25) is 0 Å². The lowest BCUT2D eigenvalue weighted by Crippen LogP contribution is -2.55. The second-order valence-corrected chi connectivity index (χ2v) is 6.35. The Morgan fingerprint density at radius 2 is 1.83 bits per heavy atom. The van der Waals surface area contributed by atoms with E-state index in [9.17, 15) is 0 Å². The minimum Gasteiger partial charge on any atom is -0.314 e. The van der Waals surface area contributed by atoms with Gasteiger partial charge in [-0.1, -0.05) is 46.0 Å². The van der Waals surface area contributed by atoms with Crippen LogP contribution >= 0.6 is 0 Å². The van der Waals surface area contributed by atoms with Gasteiger partial charge in [0, 0.05) is 32.2 Å². The molecule has 2 aliphatic rings. The summed E-state index contributed by atoms with van der Waals surface area (Å²) in [6.45, 7) is 9.76. The molecular formula is C16H32N2. The first-order chi connectivity index (χ1) is 8.85. The zero-order valence-electron chi connectivity index (χ0n) is 12.5. The topological polar surface area (TPSA) is 15.3 Å². The van der Waals surface area contributed by atoms with Gasteiger partial charge >= 0.3 is 0 Å². The molecule has 1 N–H and O–H groups in total. The zero-order valence-corrected chi connectivity index (χ0v) is 12.5. The highest BCUT2D eigenvalue weighted by molar-refractivity contribution is 4.87. The van der Waals surface area contributed by atoms with E-state index in [0.717, 1.165) is 17.9 Å². The van der Waals surface area contributed by atoms with Crippen molar-refractivity contribution in [3.63, 3.8) is 0 Å². The van der Waals surface area contributed by atoms with Crippen molar-refractivity contribution < 1.29 is 0 Å². The summed E-state index contributed by atoms with van der Waals surface area (Å²) in [5.41, 5.74) is 0. The Morgan fingerprint density at radius 3 is 2.50 bits per heavy atom. The fourth-order valence-corrected chi connectivity index (χ4v) is 3.86. The van der Waals surface area contributed by atoms with Crippen LogP contribution in [-0.4, -0.2) is 37.1 Å². The summed E-state index contributed by atoms with van der Waals surface area (Å²) < 4.78 is 0. The van der Waals surface area contributed by atoms with Crippen molar-refractivity contribution in [2.45, 2.75) is 64.8 Å². The molecule has 0 radical (unpaired) electrons. The molecular weight excluding hydrogens is 220 g/mol. The van der Waals surface area contributed by atoms with Crippen molar-refractivity contribution >= 4 is 0 Å². The number of rotatable bonds is 5. The highest BCUT2D eigenvalue weighted by atomic mass is 15.2. The normalized spacial score (nSPS) is 27.8. The van der Waals surface area contributed by atoms with Crippen LogP contribution in [0.1, 0.15) is 58.8 Å². The average Bonchev–Trinajstić information content (AvgIpc) is 2.46. The lowest BCUT2D eigenvalue weighted by atomic mass is 9.82. The van der Waals surface area contributed by atoms with E-state index in [1.807, 2.05) is 0 Å². The molecule has 0 aromatic rings. The Bertz CT molecular complexity index is 219. The Morgan fingerprint density at radius 1 is 1.11 bits per heavy atom. The molecule has 1 aliphatic heterocycles. The van der Waals surface area contributed by atoms with Crippen LogP contribution in [0, 0.1) is 11.8 Å². The predicted octanol–water partition coefficient (Wildman–Crippen LogP) is 3.28. The first-order valence-corrected chi connectivity index (χ1v) is 8.29. The summed E-state index contributed by atoms with van der Waals surface area (Å²) in [6.07, 6.45) is 10.1. The summed E-state index contributed by atoms with van der Waals surface area (Å²) >= 11 is 0. The lowest BCUT2D eigenvalue weighted by molar-refractivity contribution is 0.0759. The number of nitrogens with one attached hydrogen (secondary N) is 1. The minimum absolute atomic E-state index is 0.833. The maximum Gasteiger partial charge on any atom is 0.0249 e. The third-order valence-electron chi connectivity index (χ3n) is 5.24. The third-order valence-corrected chi connectivity index (χ3v) is 5.24. The van der Waals surface area contributed by atoms with E-state index in [0.29, 0.717) is 0 Å². The molecule has 1 saturated carbocycles. The summed E-state index contributed by atoms with van der Waals surface area (Å²) in [7, 11) is 0. The highest BCUT2D eigenvalue weighted by Crippen LogP contribution is 2.30. The number of hydrogen-bond acceptors (Lipinski definition) is 2. The number of hydrogen-bond donors (Lipinski definition) is 1. The van der Waals surface area contributed by atoms with E-state index in [1.54, 1.807) is 0 Å². The molecule has 0 bridgehead atoms. The highest BCUT2D eigenvalue weighted by Gasteiger charge is 2.31. The van der Waals surface area contributed by atoms with E-state index in [-0.39, 0.29) is 0 Å². The fraction of sp³-hybridized carbons (Fsp3) is 1.00. The number of piperazine rings is 1. The van der Waals surface area contributed by atoms with Crippen molar-refractivity contribution in [3.8, 4) is 0 Å². The minimum atomic E-state index is 0.833. The maximum atomic E-state index is 3.63. The maximum absolute atomic E-state index is 3.63. The van der Waals surface area contributed by atoms with E-state index < -0.39 is 0 Å². The Hall–Kier alpha value is -0.0800. The molecule has 2 nitrogen and oxygen atoms in total. The molecule has 106 valence electrons. The van der Waals surface area contributed by atoms with Crippen molar-refractivity contribution in [2.24, 2.45) is 11.8 Å². The lowest BCUT2D eigenvalue weighted by Gasteiger charge is -2.43. The second kappa shape index (κ2) is 7.49. The van der Waals surface area contributed by atoms with Gasteiger partial charge in [0.15, 0.2) is 0 Å². The molecule has 1 unspecified atom stereocenters. The fourth-order valence-electron chi connectivity index (χ4n) is 3.86. The summed E-state index contributed by atoms with van der Waals surface area (Å²) in [5.74, 6) is 1.88. The molecule has 1 heterocycles. The zero-order chi connectivity index (χ0) is 12.8. The van der Waals surface area contributed by atoms with Gasteiger partial charge < -0.3 is 5.32 Å². The predicted molar refractivity (Wildman–Crippen MR) is 78.9 cm³/mol. The quantitative estimate of drug-likeness (QED) is 0.808. The van der Waals surface area contributed by atoms with E-state index in [1.165, 1.54) is 71.1 Å². The molecule has 2 rings (SSSR count). The van der Waals surface area contributed by atoms with Crippen LogP contribution in [0.5, 0.6) is 0 Å². The molecule has 0 aromatic carbocycles. The van der Waals surface area contributed by atoms with Gasteiger partial charge in [-0.2, -0.15) is 0 Å². The Kier molecular flexibility index (Phi) is 5.97. The molecule has 2 heteroatoms. The van der Waals surface area contributed by atoms with Crippen LogP contribution in [0.3, 0.4) is 0 Å². The molecule has 2 fully saturated rings. The van der Waals surface area contributed by atoms with Gasteiger partial charge in [-0.3, -0.25) is 4.90 Å². The Labute approximate surface area is 114 Å². The smallest absolute Gasteiger partial charge is 0.0249 e. The van der Waals surface area contributed by atoms with Crippen molar-refractivity contribution in [1.82, 2.24) is 10.2 Å². The van der Waals surface area contributed by atoms with E-state index in [4.69, 9.17) is 0 Å². The molecule has 0 spiro atoms. The monoisotopic (exact) mass is 252 g/mol. The van der Waals surface area contributed by atoms with Gasteiger partial charge in [-0.25, -0.2) is 0 Å². The van der Waals surface area contributed by atoms with Crippen molar-refractivity contribution in [2.75, 3.05) is 26.2 Å². The largest absolute Gasteiger partial charge is 0.314 e. The van der Waals surface area contributed by atoms with Gasteiger partial charge in [-0.15, -0.1) is 0 Å². The first-order valence-electron chi connectivity index (χ1n) is 8.29. The molecule has 0 amide bonds. The van der Waals surface area contributed by atoms with Gasteiger partial charge in [-0.05, 0) is 24.7 Å². The van der Waals surface area contributed by atoms with Crippen molar-refractivity contribution in [3.05, 3.63) is 0 Å². The molecule has 1 atom stereocenters. The molecule has 1 saturated heterocycles. The van der Waals surface area contributed by atoms with Gasteiger partial charge in [0.1, 0.15) is 0 Å². The van der Waals surface area contributed by atoms with Gasteiger partial charge in [0.25, 0.3) is 0 Å². The van der Waals surface area contributed by atoms with Crippen molar-refractivity contribution in [1.29, 1.82) is 0 Å². The summed E-state index contributed by atoms with van der Waals surface area (Å²) in [6, 6.07) is 0.833. The van der Waals surface area contributed by atoms with Crippen LogP contribution in [0.25, 0.3) is 0 Å². The molecule has 1 aliphatic carbocycles.